The number of alkyl halides is 5. The number of piperidine rings is 3. The molecule has 23 heteroatoms. The largest absolute Gasteiger partial charge is 0.446 e. The van der Waals surface area contributed by atoms with E-state index >= 15 is 0 Å². The Kier molecular flexibility index (Phi) is 18.9. The fourth-order valence-electron chi connectivity index (χ4n) is 5.90. The number of aldehydes is 1. The van der Waals surface area contributed by atoms with Crippen molar-refractivity contribution < 1.29 is 65.7 Å². The minimum absolute atomic E-state index is 0.0162. The second-order valence-electron chi connectivity index (χ2n) is 14.2. The molecule has 6 fully saturated rings. The number of nitrogens with zero attached hydrogens (tertiary/aromatic N) is 2. The van der Waals surface area contributed by atoms with E-state index in [1.54, 1.807) is 9.80 Å². The Morgan fingerprint density at radius 3 is 1.35 bits per heavy atom. The Morgan fingerprint density at radius 1 is 0.727 bits per heavy atom. The van der Waals surface area contributed by atoms with E-state index < -0.39 is 23.7 Å². The summed E-state index contributed by atoms with van der Waals surface area (Å²) in [6, 6.07) is 0. The molecule has 6 aliphatic heterocycles. The van der Waals surface area contributed by atoms with Gasteiger partial charge < -0.3 is 50.0 Å². The summed E-state index contributed by atoms with van der Waals surface area (Å²) < 4.78 is 52.3. The van der Waals surface area contributed by atoms with Crippen molar-refractivity contribution in [3.63, 3.8) is 0 Å². The van der Waals surface area contributed by atoms with Gasteiger partial charge in [-0.3, -0.25) is 14.4 Å². The van der Waals surface area contributed by atoms with Gasteiger partial charge in [-0.1, -0.05) is 31.9 Å². The standard InChI is InChI=1S/C12H20N2O4.C9H13BrN2O3.C7H12N2O2.C2H2Br2O.C2HF3O/c1-11(2,3)18-10(16)14-6-4-12(5-7-14)8-13-9(15)17-12;10-5-7(13)12-3-1-9(2-4-12)6-11-8(14)15-9;10-6-9-5-7(11-6)1-3-8-4-2-7;3-1-2(4)5;3-2(4,5)1-6/h4-8H2,1-3H3,(H,13,15);1-6H2,(H,11,14);8H,1-5H2,(H,9,10);1H2;1H. The third-order valence-electron chi connectivity index (χ3n) is 8.81. The number of rotatable bonds is 2. The maximum absolute atomic E-state index is 11.9. The molecule has 6 heterocycles. The molecule has 0 radical (unpaired) electrons. The molecular formula is C32H48Br3F3N6O11. The lowest BCUT2D eigenvalue weighted by Crippen LogP contribution is -2.49. The highest BCUT2D eigenvalue weighted by Gasteiger charge is 2.45. The fraction of sp³-hybridized carbons (Fsp3) is 0.781. The number of hydrogen-bond donors (Lipinski definition) is 4. The Bertz CT molecular complexity index is 1350. The fourth-order valence-corrected chi connectivity index (χ4v) is 6.25. The van der Waals surface area contributed by atoms with Gasteiger partial charge >= 0.3 is 30.5 Å². The van der Waals surface area contributed by atoms with Crippen molar-refractivity contribution >= 4 is 89.0 Å². The van der Waals surface area contributed by atoms with Crippen LogP contribution in [0.25, 0.3) is 0 Å². The van der Waals surface area contributed by atoms with Crippen LogP contribution in [0.5, 0.6) is 0 Å². The molecule has 0 aromatic rings. The van der Waals surface area contributed by atoms with E-state index in [1.807, 2.05) is 20.8 Å². The minimum Gasteiger partial charge on any atom is -0.444 e. The van der Waals surface area contributed by atoms with Crippen LogP contribution in [0, 0.1) is 0 Å². The highest BCUT2D eigenvalue weighted by Crippen LogP contribution is 2.31. The third kappa shape index (κ3) is 17.4. The first-order valence-electron chi connectivity index (χ1n) is 17.3. The van der Waals surface area contributed by atoms with Crippen molar-refractivity contribution in [1.29, 1.82) is 0 Å². The highest BCUT2D eigenvalue weighted by atomic mass is 79.9. The normalized spacial score (nSPS) is 21.4. The zero-order chi connectivity index (χ0) is 41.5. The van der Waals surface area contributed by atoms with Crippen LogP contribution >= 0.6 is 47.8 Å². The van der Waals surface area contributed by atoms with Crippen LogP contribution in [0.4, 0.5) is 32.3 Å². The number of carbonyl (C=O) groups excluding carboxylic acids is 7. The maximum atomic E-state index is 11.9. The predicted octanol–water partition coefficient (Wildman–Crippen LogP) is 3.88. The predicted molar refractivity (Wildman–Crippen MR) is 200 cm³/mol. The first-order chi connectivity index (χ1) is 25.6. The van der Waals surface area contributed by atoms with Gasteiger partial charge in [0.1, 0.15) is 22.4 Å². The second kappa shape index (κ2) is 21.6. The van der Waals surface area contributed by atoms with E-state index in [2.05, 4.69) is 69.1 Å². The number of hydrogen-bond acceptors (Lipinski definition) is 12. The van der Waals surface area contributed by atoms with Gasteiger partial charge in [0.25, 0.3) is 0 Å². The van der Waals surface area contributed by atoms with Crippen LogP contribution in [0.15, 0.2) is 0 Å². The summed E-state index contributed by atoms with van der Waals surface area (Å²) in [7, 11) is 0. The lowest BCUT2D eigenvalue weighted by molar-refractivity contribution is -0.156. The summed E-state index contributed by atoms with van der Waals surface area (Å²) in [4.78, 5) is 77.9. The van der Waals surface area contributed by atoms with Gasteiger partial charge in [-0.05, 0) is 49.8 Å². The molecule has 0 saturated carbocycles. The lowest BCUT2D eigenvalue weighted by Gasteiger charge is -2.37. The molecule has 0 unspecified atom stereocenters. The number of carbonyl (C=O) groups is 7. The lowest BCUT2D eigenvalue weighted by atomic mass is 9.92. The van der Waals surface area contributed by atoms with Crippen LogP contribution in [0.3, 0.4) is 0 Å². The van der Waals surface area contributed by atoms with E-state index in [1.165, 1.54) is 0 Å². The van der Waals surface area contributed by atoms with E-state index in [9.17, 15) is 41.9 Å². The number of halogens is 6. The quantitative estimate of drug-likeness (QED) is 0.135. The van der Waals surface area contributed by atoms with Crippen LogP contribution in [0.1, 0.15) is 59.3 Å². The van der Waals surface area contributed by atoms with E-state index in [0.29, 0.717) is 69.3 Å². The molecule has 5 amide bonds. The third-order valence-corrected chi connectivity index (χ3v) is 10.8. The molecule has 17 nitrogen and oxygen atoms in total. The Hall–Kier alpha value is -2.92. The number of likely N-dealkylation sites (tertiary alicyclic amines) is 2. The minimum atomic E-state index is -4.64. The molecule has 3 spiro atoms. The van der Waals surface area contributed by atoms with Gasteiger partial charge in [0.2, 0.25) is 16.9 Å². The SMILES string of the molecule is CC(C)(C)OC(=O)N1CCC2(CC1)CNC(=O)O2.O=C(Br)CBr.O=C1NCC2(CCN(C(=O)CBr)CC2)O1.O=C1NCC2(CCNCC2)O1.O=CC(F)(F)F. The van der Waals surface area contributed by atoms with E-state index in [0.717, 1.165) is 38.8 Å². The van der Waals surface area contributed by atoms with E-state index in [-0.39, 0.29) is 46.2 Å². The summed E-state index contributed by atoms with van der Waals surface area (Å²) in [5, 5.41) is 12.0. The van der Waals surface area contributed by atoms with Crippen molar-refractivity contribution in [3.05, 3.63) is 0 Å². The highest BCUT2D eigenvalue weighted by molar-refractivity contribution is 9.19. The van der Waals surface area contributed by atoms with Gasteiger partial charge in [-0.25, -0.2) is 19.2 Å². The summed E-state index contributed by atoms with van der Waals surface area (Å²) >= 11 is 8.75. The van der Waals surface area contributed by atoms with Crippen molar-refractivity contribution in [2.24, 2.45) is 0 Å². The molecule has 0 aliphatic carbocycles. The van der Waals surface area contributed by atoms with Crippen molar-refractivity contribution in [2.75, 3.05) is 69.6 Å². The molecule has 0 bridgehead atoms. The number of alkyl carbamates (subject to hydrolysis) is 3. The molecule has 55 heavy (non-hydrogen) atoms. The smallest absolute Gasteiger partial charge is 0.444 e. The molecule has 4 N–H and O–H groups in total. The Morgan fingerprint density at radius 2 is 1.07 bits per heavy atom. The molecule has 0 aromatic carbocycles. The average molecular weight is 989 g/mol. The molecule has 6 aliphatic rings. The van der Waals surface area contributed by atoms with Crippen molar-refractivity contribution in [2.45, 2.75) is 87.9 Å². The summed E-state index contributed by atoms with van der Waals surface area (Å²) in [5.74, 6) is 0.0992. The van der Waals surface area contributed by atoms with Crippen molar-refractivity contribution in [1.82, 2.24) is 31.1 Å². The van der Waals surface area contributed by atoms with Gasteiger partial charge in [0.05, 0.1) is 30.3 Å². The zero-order valence-corrected chi connectivity index (χ0v) is 35.5. The van der Waals surface area contributed by atoms with E-state index in [4.69, 9.17) is 23.7 Å². The van der Waals surface area contributed by atoms with Crippen LogP contribution in [-0.4, -0.2) is 149 Å². The Balaban J connectivity index is 0.000000255. The zero-order valence-electron chi connectivity index (χ0n) is 30.8. The van der Waals surface area contributed by atoms with Crippen LogP contribution in [-0.2, 0) is 33.3 Å². The topological polar surface area (TPSA) is 211 Å². The first kappa shape index (κ1) is 48.2. The summed E-state index contributed by atoms with van der Waals surface area (Å²) in [6.45, 7) is 11.7. The van der Waals surface area contributed by atoms with Gasteiger partial charge in [0.15, 0.2) is 0 Å². The first-order valence-corrected chi connectivity index (χ1v) is 20.3. The summed E-state index contributed by atoms with van der Waals surface area (Å²) in [6.07, 6.45) is -2.31. The Labute approximate surface area is 341 Å². The number of amides is 5. The van der Waals surface area contributed by atoms with Gasteiger partial charge in [0, 0.05) is 64.7 Å². The maximum Gasteiger partial charge on any atom is 0.446 e. The molecule has 314 valence electrons. The molecular weight excluding hydrogens is 941 g/mol. The molecule has 0 atom stereocenters. The molecule has 6 rings (SSSR count). The monoisotopic (exact) mass is 986 g/mol. The van der Waals surface area contributed by atoms with Gasteiger partial charge in [-0.15, -0.1) is 0 Å². The number of nitrogens with one attached hydrogen (secondary N) is 4. The van der Waals surface area contributed by atoms with Crippen molar-refractivity contribution in [3.8, 4) is 0 Å². The van der Waals surface area contributed by atoms with Crippen LogP contribution < -0.4 is 21.3 Å². The molecule has 6 saturated heterocycles. The average Bonchev–Trinajstić information content (AvgIpc) is 3.80. The molecule has 0 aromatic heterocycles. The second-order valence-corrected chi connectivity index (χ2v) is 16.2. The summed E-state index contributed by atoms with van der Waals surface area (Å²) in [5.41, 5.74) is -1.44. The van der Waals surface area contributed by atoms with Crippen LogP contribution in [0.2, 0.25) is 0 Å². The van der Waals surface area contributed by atoms with Gasteiger partial charge in [-0.2, -0.15) is 13.2 Å². The number of ether oxygens (including phenoxy) is 4.